The van der Waals surface area contributed by atoms with Gasteiger partial charge in [-0.1, -0.05) is 36.2 Å². The van der Waals surface area contributed by atoms with Gasteiger partial charge in [0.05, 0.1) is 10.0 Å². The largest absolute Gasteiger partial charge is 0.356 e. The van der Waals surface area contributed by atoms with Gasteiger partial charge in [-0.3, -0.25) is 4.79 Å². The second-order valence-electron chi connectivity index (χ2n) is 6.50. The second-order valence-corrected chi connectivity index (χ2v) is 7.31. The standard InChI is InChI=1S/C18H26Cl2N2O/c1-14-4-2-10-22(13-14)11-3-9-21-18(23)8-6-15-5-7-16(19)17(20)12-15/h5,7,12,14H,2-4,6,8-11,13H2,1H3,(H,21,23). The summed E-state index contributed by atoms with van der Waals surface area (Å²) < 4.78 is 0. The van der Waals surface area contributed by atoms with Gasteiger partial charge in [-0.05, 0) is 62.4 Å². The van der Waals surface area contributed by atoms with Crippen LogP contribution in [0.1, 0.15) is 38.2 Å². The van der Waals surface area contributed by atoms with Crippen LogP contribution in [0.5, 0.6) is 0 Å². The minimum atomic E-state index is 0.100. The van der Waals surface area contributed by atoms with Crippen LogP contribution in [0, 0.1) is 5.92 Å². The maximum Gasteiger partial charge on any atom is 0.220 e. The average Bonchev–Trinajstić information content (AvgIpc) is 2.53. The molecule has 1 atom stereocenters. The van der Waals surface area contributed by atoms with Crippen molar-refractivity contribution in [2.45, 2.75) is 39.0 Å². The normalized spacial score (nSPS) is 18.8. The van der Waals surface area contributed by atoms with Crippen LogP contribution in [-0.2, 0) is 11.2 Å². The van der Waals surface area contributed by atoms with Gasteiger partial charge in [-0.25, -0.2) is 0 Å². The van der Waals surface area contributed by atoms with Gasteiger partial charge in [-0.2, -0.15) is 0 Å². The molecule has 0 bridgehead atoms. The summed E-state index contributed by atoms with van der Waals surface area (Å²) in [6.07, 6.45) is 4.84. The Labute approximate surface area is 149 Å². The van der Waals surface area contributed by atoms with E-state index >= 15 is 0 Å². The number of hydrogen-bond acceptors (Lipinski definition) is 2. The lowest BCUT2D eigenvalue weighted by molar-refractivity contribution is -0.121. The van der Waals surface area contributed by atoms with Gasteiger partial charge in [-0.15, -0.1) is 0 Å². The molecule has 2 rings (SSSR count). The topological polar surface area (TPSA) is 32.3 Å². The van der Waals surface area contributed by atoms with Gasteiger partial charge in [0, 0.05) is 19.5 Å². The monoisotopic (exact) mass is 356 g/mol. The highest BCUT2D eigenvalue weighted by molar-refractivity contribution is 6.42. The van der Waals surface area contributed by atoms with Gasteiger partial charge >= 0.3 is 0 Å². The highest BCUT2D eigenvalue weighted by Gasteiger charge is 2.15. The molecule has 1 amide bonds. The molecule has 1 unspecified atom stereocenters. The Morgan fingerprint density at radius 2 is 2.17 bits per heavy atom. The van der Waals surface area contributed by atoms with Crippen LogP contribution in [0.15, 0.2) is 18.2 Å². The predicted molar refractivity (Wildman–Crippen MR) is 97.2 cm³/mol. The summed E-state index contributed by atoms with van der Waals surface area (Å²) in [6, 6.07) is 5.52. The van der Waals surface area contributed by atoms with E-state index in [1.165, 1.54) is 25.9 Å². The molecular formula is C18H26Cl2N2O. The number of halogens is 2. The van der Waals surface area contributed by atoms with E-state index in [0.29, 0.717) is 22.9 Å². The second kappa shape index (κ2) is 9.51. The molecule has 5 heteroatoms. The molecule has 1 saturated heterocycles. The number of carbonyl (C=O) groups excluding carboxylic acids is 1. The summed E-state index contributed by atoms with van der Waals surface area (Å²) in [5.41, 5.74) is 1.04. The molecule has 1 aliphatic heterocycles. The van der Waals surface area contributed by atoms with Gasteiger partial charge in [0.1, 0.15) is 0 Å². The van der Waals surface area contributed by atoms with Crippen LogP contribution >= 0.6 is 23.2 Å². The van der Waals surface area contributed by atoms with Crippen LogP contribution in [0.25, 0.3) is 0 Å². The van der Waals surface area contributed by atoms with Crippen molar-refractivity contribution in [1.29, 1.82) is 0 Å². The molecule has 128 valence electrons. The Balaban J connectivity index is 1.58. The zero-order valence-corrected chi connectivity index (χ0v) is 15.3. The maximum absolute atomic E-state index is 11.9. The Hall–Kier alpha value is -0.770. The number of carbonyl (C=O) groups is 1. The number of likely N-dealkylation sites (tertiary alicyclic amines) is 1. The number of nitrogens with one attached hydrogen (secondary N) is 1. The lowest BCUT2D eigenvalue weighted by Crippen LogP contribution is -2.36. The first-order valence-corrected chi connectivity index (χ1v) is 9.23. The Kier molecular flexibility index (Phi) is 7.68. The summed E-state index contributed by atoms with van der Waals surface area (Å²) in [4.78, 5) is 14.4. The number of rotatable bonds is 7. The quantitative estimate of drug-likeness (QED) is 0.743. The predicted octanol–water partition coefficient (Wildman–Crippen LogP) is 4.16. The van der Waals surface area contributed by atoms with Crippen molar-refractivity contribution in [3.8, 4) is 0 Å². The van der Waals surface area contributed by atoms with Crippen molar-refractivity contribution in [1.82, 2.24) is 10.2 Å². The molecule has 1 aromatic carbocycles. The summed E-state index contributed by atoms with van der Waals surface area (Å²) in [7, 11) is 0. The van der Waals surface area contributed by atoms with Crippen molar-refractivity contribution in [2.24, 2.45) is 5.92 Å². The Bertz CT molecular complexity index is 522. The molecule has 1 aliphatic rings. The smallest absolute Gasteiger partial charge is 0.220 e. The molecule has 0 aliphatic carbocycles. The first-order valence-electron chi connectivity index (χ1n) is 8.47. The lowest BCUT2D eigenvalue weighted by Gasteiger charge is -2.30. The Morgan fingerprint density at radius 1 is 1.35 bits per heavy atom. The number of benzene rings is 1. The van der Waals surface area contributed by atoms with Crippen molar-refractivity contribution in [3.05, 3.63) is 33.8 Å². The van der Waals surface area contributed by atoms with Gasteiger partial charge < -0.3 is 10.2 Å². The third kappa shape index (κ3) is 6.70. The average molecular weight is 357 g/mol. The van der Waals surface area contributed by atoms with Crippen molar-refractivity contribution in [2.75, 3.05) is 26.2 Å². The molecule has 0 saturated carbocycles. The van der Waals surface area contributed by atoms with Crippen molar-refractivity contribution in [3.63, 3.8) is 0 Å². The van der Waals surface area contributed by atoms with Crippen molar-refractivity contribution >= 4 is 29.1 Å². The summed E-state index contributed by atoms with van der Waals surface area (Å²) in [6.45, 7) is 6.56. The molecular weight excluding hydrogens is 331 g/mol. The fraction of sp³-hybridized carbons (Fsp3) is 0.611. The third-order valence-corrected chi connectivity index (χ3v) is 5.08. The molecule has 1 fully saturated rings. The number of nitrogens with zero attached hydrogens (tertiary/aromatic N) is 1. The Morgan fingerprint density at radius 3 is 2.91 bits per heavy atom. The van der Waals surface area contributed by atoms with E-state index in [2.05, 4.69) is 17.1 Å². The van der Waals surface area contributed by atoms with Crippen molar-refractivity contribution < 1.29 is 4.79 Å². The van der Waals surface area contributed by atoms with E-state index < -0.39 is 0 Å². The number of aryl methyl sites for hydroxylation is 1. The van der Waals surface area contributed by atoms with E-state index in [9.17, 15) is 4.79 Å². The molecule has 3 nitrogen and oxygen atoms in total. The minimum Gasteiger partial charge on any atom is -0.356 e. The molecule has 1 aromatic rings. The van der Waals surface area contributed by atoms with Gasteiger partial charge in [0.25, 0.3) is 0 Å². The minimum absolute atomic E-state index is 0.100. The molecule has 0 spiro atoms. The van der Waals surface area contributed by atoms with Gasteiger partial charge in [0.15, 0.2) is 0 Å². The summed E-state index contributed by atoms with van der Waals surface area (Å²) in [5.74, 6) is 0.910. The van der Waals surface area contributed by atoms with Crippen LogP contribution in [-0.4, -0.2) is 37.0 Å². The number of hydrogen-bond donors (Lipinski definition) is 1. The SMILES string of the molecule is CC1CCCN(CCCNC(=O)CCc2ccc(Cl)c(Cl)c2)C1. The summed E-state index contributed by atoms with van der Waals surface area (Å²) in [5, 5.41) is 4.10. The molecule has 1 N–H and O–H groups in total. The third-order valence-electron chi connectivity index (χ3n) is 4.34. The molecule has 0 aromatic heterocycles. The van der Waals surface area contributed by atoms with Crippen LogP contribution in [0.3, 0.4) is 0 Å². The van der Waals surface area contributed by atoms with E-state index in [0.717, 1.165) is 31.0 Å². The molecule has 1 heterocycles. The highest BCUT2D eigenvalue weighted by atomic mass is 35.5. The van der Waals surface area contributed by atoms with E-state index in [1.54, 1.807) is 6.07 Å². The van der Waals surface area contributed by atoms with E-state index in [1.807, 2.05) is 12.1 Å². The van der Waals surface area contributed by atoms with Crippen LogP contribution in [0.2, 0.25) is 10.0 Å². The number of amides is 1. The lowest BCUT2D eigenvalue weighted by atomic mass is 10.0. The fourth-order valence-corrected chi connectivity index (χ4v) is 3.38. The highest BCUT2D eigenvalue weighted by Crippen LogP contribution is 2.23. The first kappa shape index (κ1) is 18.6. The number of piperidine rings is 1. The first-order chi connectivity index (χ1) is 11.0. The van der Waals surface area contributed by atoms with E-state index in [4.69, 9.17) is 23.2 Å². The van der Waals surface area contributed by atoms with Crippen LogP contribution in [0.4, 0.5) is 0 Å². The fourth-order valence-electron chi connectivity index (χ4n) is 3.06. The molecule has 23 heavy (non-hydrogen) atoms. The van der Waals surface area contributed by atoms with Crippen LogP contribution < -0.4 is 5.32 Å². The maximum atomic E-state index is 11.9. The van der Waals surface area contributed by atoms with E-state index in [-0.39, 0.29) is 5.91 Å². The van der Waals surface area contributed by atoms with Gasteiger partial charge in [0.2, 0.25) is 5.91 Å². The zero-order chi connectivity index (χ0) is 16.7. The summed E-state index contributed by atoms with van der Waals surface area (Å²) >= 11 is 11.9. The molecule has 0 radical (unpaired) electrons. The zero-order valence-electron chi connectivity index (χ0n) is 13.8.